The molecule has 2 aromatic rings. The van der Waals surface area contributed by atoms with Crippen LogP contribution in [0, 0.1) is 5.41 Å². The van der Waals surface area contributed by atoms with Gasteiger partial charge in [0.2, 0.25) is 0 Å². The zero-order chi connectivity index (χ0) is 19.6. The minimum Gasteiger partial charge on any atom is -0.492 e. The topological polar surface area (TPSA) is 87.6 Å². The molecular weight excluding hydrogens is 389 g/mol. The summed E-state index contributed by atoms with van der Waals surface area (Å²) < 4.78 is 5.59. The molecule has 1 aromatic heterocycles. The van der Waals surface area contributed by atoms with E-state index in [9.17, 15) is 4.79 Å². The van der Waals surface area contributed by atoms with Crippen molar-refractivity contribution in [1.29, 1.82) is 0 Å². The molecule has 142 valence electrons. The molecule has 27 heavy (non-hydrogen) atoms. The number of nitrogens with zero attached hydrogens (tertiary/aromatic N) is 2. The van der Waals surface area contributed by atoms with Crippen LogP contribution in [0.1, 0.15) is 37.7 Å². The number of dihydropyridines is 1. The summed E-state index contributed by atoms with van der Waals surface area (Å²) in [6.07, 6.45) is 4.50. The van der Waals surface area contributed by atoms with Crippen molar-refractivity contribution in [3.8, 4) is 5.75 Å². The lowest BCUT2D eigenvalue weighted by Gasteiger charge is -2.20. The minimum absolute atomic E-state index is 0.000772. The predicted octanol–water partition coefficient (Wildman–Crippen LogP) is 4.81. The monoisotopic (exact) mass is 407 g/mol. The van der Waals surface area contributed by atoms with Gasteiger partial charge in [0.1, 0.15) is 23.3 Å². The molecule has 0 amide bonds. The van der Waals surface area contributed by atoms with E-state index in [-0.39, 0.29) is 17.8 Å². The normalized spacial score (nSPS) is 16.9. The molecular formula is C19H19Cl2N3O3. The first kappa shape index (κ1) is 19.5. The summed E-state index contributed by atoms with van der Waals surface area (Å²) in [5, 5.41) is 9.68. The van der Waals surface area contributed by atoms with Gasteiger partial charge in [0.15, 0.2) is 5.15 Å². The Morgan fingerprint density at radius 1 is 1.33 bits per heavy atom. The van der Waals surface area contributed by atoms with Crippen molar-refractivity contribution < 1.29 is 14.6 Å². The molecule has 0 bridgehead atoms. The molecule has 0 saturated heterocycles. The summed E-state index contributed by atoms with van der Waals surface area (Å²) >= 11 is 11.8. The number of aromatic nitrogens is 2. The minimum atomic E-state index is -0.939. The second-order valence-electron chi connectivity index (χ2n) is 6.93. The number of carbonyl (C=O) groups is 1. The number of aromatic amines is 1. The number of H-pyrrole nitrogens is 1. The van der Waals surface area contributed by atoms with Crippen LogP contribution in [-0.2, 0) is 4.79 Å². The van der Waals surface area contributed by atoms with Crippen molar-refractivity contribution in [3.05, 3.63) is 52.0 Å². The van der Waals surface area contributed by atoms with Crippen molar-refractivity contribution >= 4 is 41.0 Å². The Bertz CT molecular complexity index is 882. The number of benzene rings is 1. The van der Waals surface area contributed by atoms with Gasteiger partial charge in [-0.05, 0) is 38.0 Å². The van der Waals surface area contributed by atoms with E-state index in [0.717, 1.165) is 11.1 Å². The molecule has 1 unspecified atom stereocenters. The first-order valence-corrected chi connectivity index (χ1v) is 9.13. The number of hydrogen-bond acceptors (Lipinski definition) is 4. The fraction of sp³-hybridized carbons (Fsp3) is 0.316. The van der Waals surface area contributed by atoms with E-state index >= 15 is 0 Å². The lowest BCUT2D eigenvalue weighted by atomic mass is 9.95. The Kier molecular flexibility index (Phi) is 5.58. The summed E-state index contributed by atoms with van der Waals surface area (Å²) in [6.45, 7) is 3.36. The molecule has 1 aromatic carbocycles. The van der Waals surface area contributed by atoms with Gasteiger partial charge >= 0.3 is 5.97 Å². The van der Waals surface area contributed by atoms with E-state index < -0.39 is 11.4 Å². The van der Waals surface area contributed by atoms with Gasteiger partial charge < -0.3 is 14.8 Å². The smallest absolute Gasteiger partial charge is 0.312 e. The maximum absolute atomic E-state index is 11.1. The largest absolute Gasteiger partial charge is 0.492 e. The van der Waals surface area contributed by atoms with Gasteiger partial charge in [0, 0.05) is 11.8 Å². The Morgan fingerprint density at radius 2 is 2.04 bits per heavy atom. The fourth-order valence-electron chi connectivity index (χ4n) is 2.48. The number of nitrogens with one attached hydrogen (secondary N) is 1. The maximum atomic E-state index is 11.1. The SMILES string of the molecule is CC(C)(COc1ccc(C2CC=C(c3nc(Cl)c(Cl)[nH]3)C=N2)cc1)C(=O)O. The standard InChI is InChI=1S/C19H19Cl2N3O3/c1-19(2,18(25)26)10-27-13-6-3-11(4-7-13)14-8-5-12(9-22-14)17-23-15(20)16(21)24-17/h3-7,9,14H,8,10H2,1-2H3,(H,23,24)(H,25,26). The van der Waals surface area contributed by atoms with Crippen molar-refractivity contribution in [2.45, 2.75) is 26.3 Å². The predicted molar refractivity (Wildman–Crippen MR) is 106 cm³/mol. The quantitative estimate of drug-likeness (QED) is 0.719. The summed E-state index contributed by atoms with van der Waals surface area (Å²) in [6, 6.07) is 7.52. The van der Waals surface area contributed by atoms with Crippen LogP contribution < -0.4 is 4.74 Å². The van der Waals surface area contributed by atoms with Crippen molar-refractivity contribution in [2.75, 3.05) is 6.61 Å². The van der Waals surface area contributed by atoms with E-state index in [0.29, 0.717) is 23.1 Å². The molecule has 0 spiro atoms. The number of carboxylic acids is 1. The lowest BCUT2D eigenvalue weighted by Crippen LogP contribution is -2.30. The molecule has 1 aliphatic rings. The Balaban J connectivity index is 1.62. The molecule has 3 rings (SSSR count). The number of ether oxygens (including phenoxy) is 1. The number of imidazole rings is 1. The maximum Gasteiger partial charge on any atom is 0.312 e. The second-order valence-corrected chi connectivity index (χ2v) is 7.66. The summed E-state index contributed by atoms with van der Waals surface area (Å²) in [5.41, 5.74) is 0.948. The Labute approximate surface area is 166 Å². The van der Waals surface area contributed by atoms with Gasteiger partial charge in [-0.3, -0.25) is 9.79 Å². The number of allylic oxidation sites excluding steroid dienone is 1. The molecule has 0 saturated carbocycles. The molecule has 0 fully saturated rings. The zero-order valence-electron chi connectivity index (χ0n) is 14.9. The highest BCUT2D eigenvalue weighted by Gasteiger charge is 2.28. The third-order valence-corrected chi connectivity index (χ3v) is 4.93. The average molecular weight is 408 g/mol. The molecule has 1 aliphatic heterocycles. The molecule has 2 N–H and O–H groups in total. The van der Waals surface area contributed by atoms with Crippen LogP contribution in [0.3, 0.4) is 0 Å². The first-order chi connectivity index (χ1) is 12.8. The highest BCUT2D eigenvalue weighted by atomic mass is 35.5. The number of halogens is 2. The van der Waals surface area contributed by atoms with Gasteiger partial charge in [0.25, 0.3) is 0 Å². The van der Waals surface area contributed by atoms with Crippen LogP contribution in [0.15, 0.2) is 35.3 Å². The number of hydrogen-bond donors (Lipinski definition) is 2. The number of aliphatic imine (C=N–C) groups is 1. The van der Waals surface area contributed by atoms with E-state index in [1.54, 1.807) is 20.1 Å². The summed E-state index contributed by atoms with van der Waals surface area (Å²) in [7, 11) is 0. The third-order valence-electron chi connectivity index (χ3n) is 4.29. The highest BCUT2D eigenvalue weighted by molar-refractivity contribution is 6.40. The highest BCUT2D eigenvalue weighted by Crippen LogP contribution is 2.30. The van der Waals surface area contributed by atoms with E-state index in [1.807, 2.05) is 30.3 Å². The summed E-state index contributed by atoms with van der Waals surface area (Å²) in [5.74, 6) is 0.332. The number of rotatable bonds is 6. The zero-order valence-corrected chi connectivity index (χ0v) is 16.4. The van der Waals surface area contributed by atoms with Crippen LogP contribution in [-0.4, -0.2) is 33.9 Å². The summed E-state index contributed by atoms with van der Waals surface area (Å²) in [4.78, 5) is 22.8. The molecule has 1 atom stereocenters. The Morgan fingerprint density at radius 3 is 2.56 bits per heavy atom. The van der Waals surface area contributed by atoms with Gasteiger partial charge in [-0.15, -0.1) is 0 Å². The first-order valence-electron chi connectivity index (χ1n) is 8.37. The van der Waals surface area contributed by atoms with Crippen LogP contribution in [0.4, 0.5) is 0 Å². The fourth-order valence-corrected chi connectivity index (χ4v) is 2.75. The second kappa shape index (κ2) is 7.74. The van der Waals surface area contributed by atoms with Crippen molar-refractivity contribution in [1.82, 2.24) is 9.97 Å². The lowest BCUT2D eigenvalue weighted by molar-refractivity contribution is -0.148. The number of carboxylic acid groups (broad SMARTS) is 1. The van der Waals surface area contributed by atoms with Crippen LogP contribution in [0.2, 0.25) is 10.3 Å². The van der Waals surface area contributed by atoms with Gasteiger partial charge in [-0.2, -0.15) is 0 Å². The molecule has 2 heterocycles. The van der Waals surface area contributed by atoms with Crippen LogP contribution in [0.25, 0.3) is 5.57 Å². The molecule has 8 heteroatoms. The van der Waals surface area contributed by atoms with Crippen LogP contribution in [0.5, 0.6) is 5.75 Å². The van der Waals surface area contributed by atoms with E-state index in [1.165, 1.54) is 0 Å². The van der Waals surface area contributed by atoms with Crippen molar-refractivity contribution in [3.63, 3.8) is 0 Å². The van der Waals surface area contributed by atoms with Gasteiger partial charge in [-0.25, -0.2) is 4.98 Å². The Hall–Kier alpha value is -2.31. The molecule has 6 nitrogen and oxygen atoms in total. The number of aliphatic carboxylic acids is 1. The van der Waals surface area contributed by atoms with Gasteiger partial charge in [0.05, 0.1) is 11.5 Å². The van der Waals surface area contributed by atoms with Crippen molar-refractivity contribution in [2.24, 2.45) is 10.4 Å². The van der Waals surface area contributed by atoms with E-state index in [2.05, 4.69) is 15.0 Å². The average Bonchev–Trinajstić information content (AvgIpc) is 2.99. The molecule has 0 aliphatic carbocycles. The van der Waals surface area contributed by atoms with Gasteiger partial charge in [-0.1, -0.05) is 41.4 Å². The third kappa shape index (κ3) is 4.51. The van der Waals surface area contributed by atoms with E-state index in [4.69, 9.17) is 33.0 Å². The molecule has 0 radical (unpaired) electrons. The van der Waals surface area contributed by atoms with Crippen LogP contribution >= 0.6 is 23.2 Å².